The summed E-state index contributed by atoms with van der Waals surface area (Å²) in [6.45, 7) is 0. The zero-order valence-corrected chi connectivity index (χ0v) is 15.4. The van der Waals surface area contributed by atoms with Gasteiger partial charge in [-0.05, 0) is 24.3 Å². The van der Waals surface area contributed by atoms with Crippen LogP contribution in [-0.4, -0.2) is 34.7 Å². The first-order chi connectivity index (χ1) is 13.2. The fourth-order valence-corrected chi connectivity index (χ4v) is 3.03. The van der Waals surface area contributed by atoms with Crippen molar-refractivity contribution in [3.05, 3.63) is 72.6 Å². The number of ether oxygens (including phenoxy) is 1. The van der Waals surface area contributed by atoms with Crippen LogP contribution < -0.4 is 5.32 Å². The number of carbonyl (C=O) groups excluding carboxylic acids is 2. The number of nitrogens with one attached hydrogen (secondary N) is 1. The van der Waals surface area contributed by atoms with E-state index in [1.807, 2.05) is 36.4 Å². The Morgan fingerprint density at radius 2 is 1.85 bits per heavy atom. The quantitative estimate of drug-likeness (QED) is 0.400. The van der Waals surface area contributed by atoms with Gasteiger partial charge in [-0.25, -0.2) is 14.8 Å². The number of methoxy groups -OCH3 is 1. The van der Waals surface area contributed by atoms with E-state index >= 15 is 0 Å². The van der Waals surface area contributed by atoms with Crippen LogP contribution in [0, 0.1) is 0 Å². The lowest BCUT2D eigenvalue weighted by Crippen LogP contribution is -2.14. The minimum absolute atomic E-state index is 0.188. The van der Waals surface area contributed by atoms with E-state index in [-0.39, 0.29) is 11.7 Å². The van der Waals surface area contributed by atoms with Crippen molar-refractivity contribution in [3.63, 3.8) is 0 Å². The molecule has 7 heteroatoms. The number of aromatic nitrogens is 2. The van der Waals surface area contributed by atoms with Crippen molar-refractivity contribution in [1.29, 1.82) is 0 Å². The van der Waals surface area contributed by atoms with Crippen molar-refractivity contribution >= 4 is 29.3 Å². The summed E-state index contributed by atoms with van der Waals surface area (Å²) in [4.78, 5) is 32.2. The largest absolute Gasteiger partial charge is 0.465 e. The highest BCUT2D eigenvalue weighted by Gasteiger charge is 2.09. The fraction of sp³-hybridized carbons (Fsp3) is 0.100. The first kappa shape index (κ1) is 18.6. The van der Waals surface area contributed by atoms with Gasteiger partial charge in [0.15, 0.2) is 0 Å². The Morgan fingerprint density at radius 1 is 1.04 bits per heavy atom. The molecule has 1 amide bonds. The molecule has 6 nitrogen and oxygen atoms in total. The van der Waals surface area contributed by atoms with Gasteiger partial charge in [-0.3, -0.25) is 4.79 Å². The minimum Gasteiger partial charge on any atom is -0.465 e. The molecule has 3 aromatic rings. The predicted molar refractivity (Wildman–Crippen MR) is 105 cm³/mol. The highest BCUT2D eigenvalue weighted by Crippen LogP contribution is 2.22. The lowest BCUT2D eigenvalue weighted by Gasteiger charge is -2.07. The van der Waals surface area contributed by atoms with Gasteiger partial charge >= 0.3 is 5.97 Å². The fourth-order valence-electron chi connectivity index (χ4n) is 2.36. The second kappa shape index (κ2) is 8.95. The van der Waals surface area contributed by atoms with Gasteiger partial charge in [0.1, 0.15) is 11.4 Å². The van der Waals surface area contributed by atoms with Crippen LogP contribution in [0.2, 0.25) is 0 Å². The van der Waals surface area contributed by atoms with Gasteiger partial charge in [-0.1, -0.05) is 48.2 Å². The van der Waals surface area contributed by atoms with Crippen molar-refractivity contribution in [2.45, 2.75) is 5.03 Å². The highest BCUT2D eigenvalue weighted by molar-refractivity contribution is 7.99. The van der Waals surface area contributed by atoms with Crippen LogP contribution in [0.15, 0.2) is 72.0 Å². The molecule has 1 N–H and O–H groups in total. The van der Waals surface area contributed by atoms with Crippen molar-refractivity contribution < 1.29 is 14.3 Å². The van der Waals surface area contributed by atoms with Gasteiger partial charge in [0.05, 0.1) is 24.1 Å². The predicted octanol–water partition coefficient (Wildman–Crippen LogP) is 3.66. The van der Waals surface area contributed by atoms with E-state index in [0.29, 0.717) is 16.3 Å². The molecule has 0 saturated heterocycles. The van der Waals surface area contributed by atoms with Gasteiger partial charge in [0, 0.05) is 11.3 Å². The molecule has 0 spiro atoms. The van der Waals surface area contributed by atoms with Crippen molar-refractivity contribution in [3.8, 4) is 11.3 Å². The average Bonchev–Trinajstić information content (AvgIpc) is 2.73. The number of nitrogens with zero attached hydrogens (tertiary/aromatic N) is 2. The molecule has 136 valence electrons. The SMILES string of the molecule is COC(=O)c1cccc(NC(=O)CSc2cc(-c3ccccc3)ncn2)c1. The molecular formula is C20H17N3O3S. The summed E-state index contributed by atoms with van der Waals surface area (Å²) in [6.07, 6.45) is 1.49. The zero-order chi connectivity index (χ0) is 19.1. The summed E-state index contributed by atoms with van der Waals surface area (Å²) < 4.78 is 4.68. The van der Waals surface area contributed by atoms with Crippen molar-refractivity contribution in [2.75, 3.05) is 18.2 Å². The summed E-state index contributed by atoms with van der Waals surface area (Å²) in [6, 6.07) is 18.2. The molecule has 0 fully saturated rings. The maximum Gasteiger partial charge on any atom is 0.337 e. The summed E-state index contributed by atoms with van der Waals surface area (Å²) in [5, 5.41) is 3.48. The molecule has 27 heavy (non-hydrogen) atoms. The zero-order valence-electron chi connectivity index (χ0n) is 14.6. The number of hydrogen-bond donors (Lipinski definition) is 1. The van der Waals surface area contributed by atoms with E-state index in [1.165, 1.54) is 25.2 Å². The molecule has 0 radical (unpaired) electrons. The molecule has 0 aliphatic rings. The van der Waals surface area contributed by atoms with Crippen LogP contribution in [0.1, 0.15) is 10.4 Å². The number of carbonyl (C=O) groups is 2. The standard InChI is InChI=1S/C20H17N3O3S/c1-26-20(25)15-8-5-9-16(10-15)23-18(24)12-27-19-11-17(21-13-22-19)14-6-3-2-4-7-14/h2-11,13H,12H2,1H3,(H,23,24). The topological polar surface area (TPSA) is 81.2 Å². The van der Waals surface area contributed by atoms with Gasteiger partial charge in [0.2, 0.25) is 5.91 Å². The Bertz CT molecular complexity index is 948. The van der Waals surface area contributed by atoms with E-state index in [4.69, 9.17) is 0 Å². The molecule has 0 saturated carbocycles. The van der Waals surface area contributed by atoms with Crippen molar-refractivity contribution in [2.24, 2.45) is 0 Å². The molecule has 0 aliphatic heterocycles. The normalized spacial score (nSPS) is 10.3. The van der Waals surface area contributed by atoms with Gasteiger partial charge < -0.3 is 10.1 Å². The lowest BCUT2D eigenvalue weighted by molar-refractivity contribution is -0.113. The third-order valence-electron chi connectivity index (χ3n) is 3.63. The monoisotopic (exact) mass is 379 g/mol. The Labute approximate surface area is 161 Å². The molecule has 0 aliphatic carbocycles. The summed E-state index contributed by atoms with van der Waals surface area (Å²) in [5.41, 5.74) is 2.72. The summed E-state index contributed by atoms with van der Waals surface area (Å²) in [5.74, 6) is -0.454. The second-order valence-electron chi connectivity index (χ2n) is 5.52. The first-order valence-corrected chi connectivity index (χ1v) is 9.13. The second-order valence-corrected chi connectivity index (χ2v) is 6.51. The minimum atomic E-state index is -0.449. The van der Waals surface area contributed by atoms with Crippen LogP contribution in [0.5, 0.6) is 0 Å². The first-order valence-electron chi connectivity index (χ1n) is 8.14. The van der Waals surface area contributed by atoms with Crippen LogP contribution in [-0.2, 0) is 9.53 Å². The molecule has 0 atom stereocenters. The van der Waals surface area contributed by atoms with Crippen LogP contribution >= 0.6 is 11.8 Å². The number of benzene rings is 2. The molecular weight excluding hydrogens is 362 g/mol. The molecule has 0 unspecified atom stereocenters. The molecule has 0 bridgehead atoms. The van der Waals surface area contributed by atoms with E-state index in [0.717, 1.165) is 11.3 Å². The van der Waals surface area contributed by atoms with Crippen LogP contribution in [0.3, 0.4) is 0 Å². The number of amides is 1. The average molecular weight is 379 g/mol. The lowest BCUT2D eigenvalue weighted by atomic mass is 10.1. The molecule has 2 aromatic carbocycles. The number of esters is 1. The number of rotatable bonds is 6. The Balaban J connectivity index is 1.61. The Morgan fingerprint density at radius 3 is 2.63 bits per heavy atom. The summed E-state index contributed by atoms with van der Waals surface area (Å²) in [7, 11) is 1.32. The van der Waals surface area contributed by atoms with E-state index in [9.17, 15) is 9.59 Å². The van der Waals surface area contributed by atoms with E-state index in [1.54, 1.807) is 24.3 Å². The summed E-state index contributed by atoms with van der Waals surface area (Å²) >= 11 is 1.32. The maximum atomic E-state index is 12.2. The third kappa shape index (κ3) is 5.15. The highest BCUT2D eigenvalue weighted by atomic mass is 32.2. The maximum absolute atomic E-state index is 12.2. The Hall–Kier alpha value is -3.19. The van der Waals surface area contributed by atoms with Gasteiger partial charge in [-0.15, -0.1) is 0 Å². The van der Waals surface area contributed by atoms with Gasteiger partial charge in [0.25, 0.3) is 0 Å². The number of anilines is 1. The third-order valence-corrected chi connectivity index (χ3v) is 4.56. The molecule has 1 aromatic heterocycles. The van der Waals surface area contributed by atoms with E-state index < -0.39 is 5.97 Å². The molecule has 3 rings (SSSR count). The number of thioether (sulfide) groups is 1. The Kier molecular flexibility index (Phi) is 6.17. The number of hydrogen-bond acceptors (Lipinski definition) is 6. The van der Waals surface area contributed by atoms with Gasteiger partial charge in [-0.2, -0.15) is 0 Å². The van der Waals surface area contributed by atoms with Crippen LogP contribution in [0.4, 0.5) is 5.69 Å². The molecule has 1 heterocycles. The van der Waals surface area contributed by atoms with Crippen LogP contribution in [0.25, 0.3) is 11.3 Å². The van der Waals surface area contributed by atoms with E-state index in [2.05, 4.69) is 20.0 Å². The smallest absolute Gasteiger partial charge is 0.337 e. The van der Waals surface area contributed by atoms with Crippen molar-refractivity contribution in [1.82, 2.24) is 9.97 Å².